The molecule has 0 bridgehead atoms. The van der Waals surface area contributed by atoms with Crippen molar-refractivity contribution in [3.63, 3.8) is 0 Å². The molecule has 2 heterocycles. The molecule has 0 saturated heterocycles. The highest BCUT2D eigenvalue weighted by Crippen LogP contribution is 2.38. The fourth-order valence-corrected chi connectivity index (χ4v) is 2.84. The van der Waals surface area contributed by atoms with E-state index in [9.17, 15) is 5.11 Å². The Morgan fingerprint density at radius 2 is 2.29 bits per heavy atom. The first-order valence-corrected chi connectivity index (χ1v) is 5.71. The van der Waals surface area contributed by atoms with Crippen molar-refractivity contribution in [1.29, 1.82) is 0 Å². The molecule has 0 fully saturated rings. The van der Waals surface area contributed by atoms with Crippen LogP contribution in [0.1, 0.15) is 18.1 Å². The number of aliphatic hydroxyl groups is 1. The van der Waals surface area contributed by atoms with Gasteiger partial charge in [-0.25, -0.2) is 0 Å². The zero-order valence-electron chi connectivity index (χ0n) is 7.17. The molecule has 5 heteroatoms. The Bertz CT molecular complexity index is 373. The van der Waals surface area contributed by atoms with Gasteiger partial charge in [-0.3, -0.25) is 0 Å². The van der Waals surface area contributed by atoms with Crippen LogP contribution in [0.4, 0.5) is 0 Å². The third kappa shape index (κ3) is 1.91. The zero-order valence-corrected chi connectivity index (χ0v) is 9.49. The number of thiophene rings is 1. The number of rotatable bonds is 2. The Labute approximate surface area is 95.7 Å². The van der Waals surface area contributed by atoms with E-state index in [0.29, 0.717) is 26.6 Å². The van der Waals surface area contributed by atoms with E-state index in [1.54, 1.807) is 6.07 Å². The minimum Gasteiger partial charge on any atom is -0.495 e. The van der Waals surface area contributed by atoms with E-state index in [2.05, 4.69) is 0 Å². The lowest BCUT2D eigenvalue weighted by Crippen LogP contribution is -2.01. The van der Waals surface area contributed by atoms with Gasteiger partial charge < -0.3 is 9.84 Å². The maximum Gasteiger partial charge on any atom is 0.138 e. The van der Waals surface area contributed by atoms with E-state index >= 15 is 0 Å². The molecule has 0 amide bonds. The van der Waals surface area contributed by atoms with Gasteiger partial charge in [0.2, 0.25) is 0 Å². The minimum atomic E-state index is -0.784. The first-order chi connectivity index (χ1) is 6.68. The molecule has 0 radical (unpaired) electrons. The summed E-state index contributed by atoms with van der Waals surface area (Å²) >= 11 is 12.9. The highest BCUT2D eigenvalue weighted by molar-refractivity contribution is 7.20. The molecule has 1 unspecified atom stereocenters. The second-order valence-corrected chi connectivity index (χ2v) is 5.21. The van der Waals surface area contributed by atoms with Gasteiger partial charge >= 0.3 is 0 Å². The van der Waals surface area contributed by atoms with Crippen LogP contribution in [0.15, 0.2) is 17.9 Å². The summed E-state index contributed by atoms with van der Waals surface area (Å²) in [5, 5.41) is 9.88. The van der Waals surface area contributed by atoms with E-state index in [0.717, 1.165) is 6.42 Å². The van der Waals surface area contributed by atoms with Crippen molar-refractivity contribution >= 4 is 34.5 Å². The van der Waals surface area contributed by atoms with Crippen molar-refractivity contribution in [2.24, 2.45) is 0 Å². The maximum atomic E-state index is 9.88. The maximum absolute atomic E-state index is 9.88. The van der Waals surface area contributed by atoms with E-state index in [-0.39, 0.29) is 0 Å². The van der Waals surface area contributed by atoms with Crippen molar-refractivity contribution < 1.29 is 9.84 Å². The molecular formula is C9H8Cl2O2S. The second-order valence-electron chi connectivity index (χ2n) is 2.93. The average Bonchev–Trinajstić information content (AvgIpc) is 2.73. The Hall–Kier alpha value is -0.220. The van der Waals surface area contributed by atoms with Crippen LogP contribution in [0.2, 0.25) is 8.67 Å². The third-order valence-corrected chi connectivity index (χ3v) is 3.50. The van der Waals surface area contributed by atoms with Gasteiger partial charge in [0.15, 0.2) is 0 Å². The standard InChI is InChI=1S/C9H8Cl2O2S/c10-7-4-5(9(11)14-7)8(12)6-2-1-3-13-6/h2,4,8,12H,1,3H2. The van der Waals surface area contributed by atoms with Crippen molar-refractivity contribution in [2.45, 2.75) is 12.5 Å². The first kappa shape index (κ1) is 10.3. The smallest absolute Gasteiger partial charge is 0.138 e. The average molecular weight is 251 g/mol. The molecule has 1 N–H and O–H groups in total. The molecule has 0 saturated carbocycles. The number of halogens is 2. The van der Waals surface area contributed by atoms with Crippen LogP contribution in [0.3, 0.4) is 0 Å². The van der Waals surface area contributed by atoms with Crippen LogP contribution in [-0.2, 0) is 4.74 Å². The lowest BCUT2D eigenvalue weighted by molar-refractivity contribution is 0.119. The van der Waals surface area contributed by atoms with Gasteiger partial charge in [0.05, 0.1) is 10.9 Å². The third-order valence-electron chi connectivity index (χ3n) is 1.98. The van der Waals surface area contributed by atoms with Gasteiger partial charge in [0.1, 0.15) is 16.2 Å². The molecule has 2 nitrogen and oxygen atoms in total. The van der Waals surface area contributed by atoms with E-state index in [4.69, 9.17) is 27.9 Å². The molecule has 2 rings (SSSR count). The largest absolute Gasteiger partial charge is 0.495 e. The Morgan fingerprint density at radius 1 is 1.50 bits per heavy atom. The van der Waals surface area contributed by atoms with Crippen LogP contribution in [-0.4, -0.2) is 11.7 Å². The van der Waals surface area contributed by atoms with Crippen molar-refractivity contribution in [1.82, 2.24) is 0 Å². The van der Waals surface area contributed by atoms with Gasteiger partial charge in [0, 0.05) is 12.0 Å². The van der Waals surface area contributed by atoms with Gasteiger partial charge in [-0.2, -0.15) is 0 Å². The minimum absolute atomic E-state index is 0.513. The Balaban J connectivity index is 2.25. The lowest BCUT2D eigenvalue weighted by atomic mass is 10.1. The molecule has 1 aliphatic rings. The molecule has 0 aliphatic carbocycles. The Morgan fingerprint density at radius 3 is 2.79 bits per heavy atom. The summed E-state index contributed by atoms with van der Waals surface area (Å²) in [6.07, 6.45) is 1.92. The van der Waals surface area contributed by atoms with Crippen LogP contribution >= 0.6 is 34.5 Å². The number of aliphatic hydroxyl groups excluding tert-OH is 1. The topological polar surface area (TPSA) is 29.5 Å². The predicted octanol–water partition coefficient (Wildman–Crippen LogP) is 3.39. The summed E-state index contributed by atoms with van der Waals surface area (Å²) in [6.45, 7) is 0.627. The monoisotopic (exact) mass is 250 g/mol. The molecule has 76 valence electrons. The van der Waals surface area contributed by atoms with Crippen molar-refractivity contribution in [3.05, 3.63) is 32.1 Å². The molecule has 1 aromatic rings. The van der Waals surface area contributed by atoms with E-state index in [1.165, 1.54) is 11.3 Å². The van der Waals surface area contributed by atoms with Gasteiger partial charge in [0.25, 0.3) is 0 Å². The Kier molecular flexibility index (Phi) is 3.02. The fraction of sp³-hybridized carbons (Fsp3) is 0.333. The summed E-state index contributed by atoms with van der Waals surface area (Å²) in [6, 6.07) is 1.67. The van der Waals surface area contributed by atoms with Crippen molar-refractivity contribution in [2.75, 3.05) is 6.61 Å². The second kappa shape index (κ2) is 4.11. The highest BCUT2D eigenvalue weighted by Gasteiger charge is 2.22. The molecule has 14 heavy (non-hydrogen) atoms. The van der Waals surface area contributed by atoms with Gasteiger partial charge in [-0.15, -0.1) is 11.3 Å². The van der Waals surface area contributed by atoms with Crippen molar-refractivity contribution in [3.8, 4) is 0 Å². The van der Waals surface area contributed by atoms with E-state index in [1.807, 2.05) is 6.08 Å². The first-order valence-electron chi connectivity index (χ1n) is 4.14. The summed E-state index contributed by atoms with van der Waals surface area (Å²) in [7, 11) is 0. The quantitative estimate of drug-likeness (QED) is 0.872. The van der Waals surface area contributed by atoms with Gasteiger partial charge in [-0.1, -0.05) is 23.2 Å². The molecular weight excluding hydrogens is 243 g/mol. The van der Waals surface area contributed by atoms with Crippen LogP contribution in [0, 0.1) is 0 Å². The number of hydrogen-bond donors (Lipinski definition) is 1. The summed E-state index contributed by atoms with van der Waals surface area (Å²) in [4.78, 5) is 0. The van der Waals surface area contributed by atoms with Crippen LogP contribution in [0.25, 0.3) is 0 Å². The fourth-order valence-electron chi connectivity index (χ4n) is 1.32. The van der Waals surface area contributed by atoms with Crippen LogP contribution in [0.5, 0.6) is 0 Å². The lowest BCUT2D eigenvalue weighted by Gasteiger charge is -2.10. The highest BCUT2D eigenvalue weighted by atomic mass is 35.5. The summed E-state index contributed by atoms with van der Waals surface area (Å²) < 4.78 is 6.33. The van der Waals surface area contributed by atoms with E-state index < -0.39 is 6.10 Å². The summed E-state index contributed by atoms with van der Waals surface area (Å²) in [5.41, 5.74) is 0.620. The SMILES string of the molecule is OC(C1=CCCO1)c1cc(Cl)sc1Cl. The molecule has 1 aromatic heterocycles. The molecule has 0 spiro atoms. The zero-order chi connectivity index (χ0) is 10.1. The van der Waals surface area contributed by atoms with Crippen LogP contribution < -0.4 is 0 Å². The number of hydrogen-bond acceptors (Lipinski definition) is 3. The molecule has 1 aliphatic heterocycles. The molecule has 0 aromatic carbocycles. The van der Waals surface area contributed by atoms with Gasteiger partial charge in [-0.05, 0) is 12.1 Å². The summed E-state index contributed by atoms with van der Waals surface area (Å²) in [5.74, 6) is 0.571. The molecule has 1 atom stereocenters. The normalized spacial score (nSPS) is 17.8. The predicted molar refractivity (Wildman–Crippen MR) is 58.0 cm³/mol. The number of ether oxygens (including phenoxy) is 1.